The fourth-order valence-corrected chi connectivity index (χ4v) is 2.43. The van der Waals surface area contributed by atoms with Gasteiger partial charge < -0.3 is 9.64 Å². The van der Waals surface area contributed by atoms with E-state index in [1.54, 1.807) is 0 Å². The summed E-state index contributed by atoms with van der Waals surface area (Å²) in [6.07, 6.45) is 4.72. The number of hydrogen-bond donors (Lipinski definition) is 0. The molecule has 0 amide bonds. The van der Waals surface area contributed by atoms with Crippen LogP contribution in [0, 0.1) is 0 Å². The lowest BCUT2D eigenvalue weighted by Gasteiger charge is -2.22. The molecule has 0 atom stereocenters. The minimum Gasteiger partial charge on any atom is -0.457 e. The summed E-state index contributed by atoms with van der Waals surface area (Å²) >= 11 is 0. The van der Waals surface area contributed by atoms with E-state index < -0.39 is 0 Å². The third kappa shape index (κ3) is 1.84. The van der Waals surface area contributed by atoms with Crippen molar-refractivity contribution in [2.24, 2.45) is 0 Å². The molecule has 1 aromatic rings. The van der Waals surface area contributed by atoms with Crippen LogP contribution in [0.25, 0.3) is 6.08 Å². The molecule has 3 rings (SSSR count). The summed E-state index contributed by atoms with van der Waals surface area (Å²) in [5.74, 6) is 1.70. The van der Waals surface area contributed by atoms with Gasteiger partial charge in [0.15, 0.2) is 0 Å². The van der Waals surface area contributed by atoms with Crippen molar-refractivity contribution in [3.8, 4) is 5.75 Å². The molecule has 0 saturated carbocycles. The highest BCUT2D eigenvalue weighted by Crippen LogP contribution is 2.34. The van der Waals surface area contributed by atoms with Gasteiger partial charge >= 0.3 is 0 Å². The molecule has 2 nitrogen and oxygen atoms in total. The van der Waals surface area contributed by atoms with Gasteiger partial charge in [0.05, 0.1) is 0 Å². The normalized spacial score (nSPS) is 18.8. The minimum atomic E-state index is 0.760. The van der Waals surface area contributed by atoms with E-state index in [1.807, 2.05) is 6.92 Å². The molecule has 1 fully saturated rings. The number of hydrogen-bond acceptors (Lipinski definition) is 2. The maximum atomic E-state index is 5.75. The van der Waals surface area contributed by atoms with Crippen LogP contribution in [0.1, 0.15) is 25.3 Å². The zero-order valence-electron chi connectivity index (χ0n) is 10.2. The van der Waals surface area contributed by atoms with Crippen molar-refractivity contribution in [2.45, 2.75) is 19.8 Å². The van der Waals surface area contributed by atoms with E-state index in [0.29, 0.717) is 0 Å². The first kappa shape index (κ1) is 10.5. The predicted molar refractivity (Wildman–Crippen MR) is 71.3 cm³/mol. The van der Waals surface area contributed by atoms with Crippen LogP contribution in [-0.2, 0) is 0 Å². The van der Waals surface area contributed by atoms with E-state index in [-0.39, 0.29) is 0 Å². The van der Waals surface area contributed by atoms with Gasteiger partial charge in [0.1, 0.15) is 11.5 Å². The number of anilines is 1. The Kier molecular flexibility index (Phi) is 2.43. The largest absolute Gasteiger partial charge is 0.457 e. The molecule has 0 spiro atoms. The Labute approximate surface area is 102 Å². The minimum absolute atomic E-state index is 0.760. The first-order valence-corrected chi connectivity index (χ1v) is 6.18. The standard InChI is InChI=1S/C15H17NO/c1-11-9-13-5-6-14(16-7-3-4-8-16)10-15(13)17-12(11)2/h5-6,9-10H,2-4,7-8H2,1H3. The van der Waals surface area contributed by atoms with Crippen molar-refractivity contribution < 1.29 is 4.74 Å². The van der Waals surface area contributed by atoms with Gasteiger partial charge in [-0.05, 0) is 43.5 Å². The van der Waals surface area contributed by atoms with Gasteiger partial charge in [-0.1, -0.05) is 6.58 Å². The van der Waals surface area contributed by atoms with Crippen molar-refractivity contribution in [1.82, 2.24) is 0 Å². The second-order valence-corrected chi connectivity index (χ2v) is 4.77. The lowest BCUT2D eigenvalue weighted by atomic mass is 10.1. The average Bonchev–Trinajstić information content (AvgIpc) is 2.83. The number of benzene rings is 1. The highest BCUT2D eigenvalue weighted by molar-refractivity contribution is 5.69. The van der Waals surface area contributed by atoms with Gasteiger partial charge in [-0.2, -0.15) is 0 Å². The van der Waals surface area contributed by atoms with E-state index in [9.17, 15) is 0 Å². The molecule has 0 radical (unpaired) electrons. The lowest BCUT2D eigenvalue weighted by Crippen LogP contribution is -2.17. The molecule has 1 saturated heterocycles. The Hall–Kier alpha value is -1.70. The molecule has 88 valence electrons. The molecule has 17 heavy (non-hydrogen) atoms. The molecule has 0 unspecified atom stereocenters. The van der Waals surface area contributed by atoms with E-state index in [0.717, 1.165) is 35.7 Å². The molecule has 1 aromatic carbocycles. The number of nitrogens with zero attached hydrogens (tertiary/aromatic N) is 1. The Morgan fingerprint density at radius 3 is 2.76 bits per heavy atom. The molecule has 2 aliphatic rings. The summed E-state index contributed by atoms with van der Waals surface area (Å²) in [5, 5.41) is 0. The van der Waals surface area contributed by atoms with Gasteiger partial charge in [0, 0.05) is 30.4 Å². The Balaban J connectivity index is 1.97. The topological polar surface area (TPSA) is 12.5 Å². The van der Waals surface area contributed by atoms with E-state index >= 15 is 0 Å². The summed E-state index contributed by atoms with van der Waals surface area (Å²) < 4.78 is 5.75. The van der Waals surface area contributed by atoms with Crippen molar-refractivity contribution in [3.63, 3.8) is 0 Å². The van der Waals surface area contributed by atoms with E-state index in [2.05, 4.69) is 35.8 Å². The summed E-state index contributed by atoms with van der Waals surface area (Å²) in [5.41, 5.74) is 3.52. The molecule has 2 heteroatoms. The highest BCUT2D eigenvalue weighted by atomic mass is 16.5. The van der Waals surface area contributed by atoms with Crippen molar-refractivity contribution in [1.29, 1.82) is 0 Å². The van der Waals surface area contributed by atoms with Gasteiger partial charge in [-0.3, -0.25) is 0 Å². The summed E-state index contributed by atoms with van der Waals surface area (Å²) in [6.45, 7) is 8.27. The second-order valence-electron chi connectivity index (χ2n) is 4.77. The molecular weight excluding hydrogens is 210 g/mol. The van der Waals surface area contributed by atoms with Crippen molar-refractivity contribution in [2.75, 3.05) is 18.0 Å². The van der Waals surface area contributed by atoms with Gasteiger partial charge in [0.2, 0.25) is 0 Å². The van der Waals surface area contributed by atoms with Crippen LogP contribution in [0.3, 0.4) is 0 Å². The number of rotatable bonds is 1. The van der Waals surface area contributed by atoms with E-state index in [1.165, 1.54) is 18.5 Å². The molecule has 0 bridgehead atoms. The average molecular weight is 227 g/mol. The van der Waals surface area contributed by atoms with Crippen LogP contribution in [-0.4, -0.2) is 13.1 Å². The Bertz CT molecular complexity index is 496. The van der Waals surface area contributed by atoms with Crippen LogP contribution in [0.15, 0.2) is 36.1 Å². The SMILES string of the molecule is C=C1Oc2cc(N3CCCC3)ccc2C=C1C. The zero-order chi connectivity index (χ0) is 11.8. The summed E-state index contributed by atoms with van der Waals surface area (Å²) in [6, 6.07) is 6.46. The van der Waals surface area contributed by atoms with Gasteiger partial charge in [-0.25, -0.2) is 0 Å². The van der Waals surface area contributed by atoms with Gasteiger partial charge in [-0.15, -0.1) is 0 Å². The fourth-order valence-electron chi connectivity index (χ4n) is 2.43. The second kappa shape index (κ2) is 3.95. The molecule has 2 aliphatic heterocycles. The number of allylic oxidation sites excluding steroid dienone is 1. The predicted octanol–water partition coefficient (Wildman–Crippen LogP) is 3.60. The lowest BCUT2D eigenvalue weighted by molar-refractivity contribution is 0.434. The monoisotopic (exact) mass is 227 g/mol. The van der Waals surface area contributed by atoms with Crippen LogP contribution in [0.5, 0.6) is 5.75 Å². The molecule has 0 aliphatic carbocycles. The fraction of sp³-hybridized carbons (Fsp3) is 0.333. The Morgan fingerprint density at radius 2 is 2.00 bits per heavy atom. The van der Waals surface area contributed by atoms with Crippen molar-refractivity contribution >= 4 is 11.8 Å². The maximum Gasteiger partial charge on any atom is 0.136 e. The zero-order valence-corrected chi connectivity index (χ0v) is 10.2. The molecular formula is C15H17NO. The van der Waals surface area contributed by atoms with Crippen LogP contribution in [0.4, 0.5) is 5.69 Å². The third-order valence-electron chi connectivity index (χ3n) is 3.51. The van der Waals surface area contributed by atoms with E-state index in [4.69, 9.17) is 4.74 Å². The maximum absolute atomic E-state index is 5.75. The van der Waals surface area contributed by atoms with Crippen LogP contribution >= 0.6 is 0 Å². The van der Waals surface area contributed by atoms with Crippen molar-refractivity contribution in [3.05, 3.63) is 41.7 Å². The van der Waals surface area contributed by atoms with Gasteiger partial charge in [0.25, 0.3) is 0 Å². The Morgan fingerprint density at radius 1 is 1.24 bits per heavy atom. The number of ether oxygens (including phenoxy) is 1. The van der Waals surface area contributed by atoms with Crippen LogP contribution in [0.2, 0.25) is 0 Å². The summed E-state index contributed by atoms with van der Waals surface area (Å²) in [7, 11) is 0. The number of fused-ring (bicyclic) bond motifs is 1. The first-order valence-electron chi connectivity index (χ1n) is 6.18. The third-order valence-corrected chi connectivity index (χ3v) is 3.51. The quantitative estimate of drug-likeness (QED) is 0.727. The molecule has 2 heterocycles. The highest BCUT2D eigenvalue weighted by Gasteiger charge is 2.17. The first-order chi connectivity index (χ1) is 8.24. The molecule has 0 aromatic heterocycles. The van der Waals surface area contributed by atoms with Crippen LogP contribution < -0.4 is 9.64 Å². The smallest absolute Gasteiger partial charge is 0.136 e. The molecule has 0 N–H and O–H groups in total. The summed E-state index contributed by atoms with van der Waals surface area (Å²) in [4.78, 5) is 2.41.